The number of aromatic amines is 1. The molecular weight excluding hydrogens is 554 g/mol. The molecule has 2 aromatic carbocycles. The molecule has 0 aliphatic carbocycles. The second kappa shape index (κ2) is 12.6. The van der Waals surface area contributed by atoms with E-state index in [0.717, 1.165) is 49.1 Å². The van der Waals surface area contributed by atoms with Crippen LogP contribution in [0, 0.1) is 6.57 Å². The van der Waals surface area contributed by atoms with Crippen LogP contribution in [0.2, 0.25) is 0 Å². The Hall–Kier alpha value is -5.23. The number of amides is 2. The number of ketones is 1. The molecule has 1 N–H and O–H groups in total. The van der Waals surface area contributed by atoms with Gasteiger partial charge in [-0.1, -0.05) is 48.0 Å². The van der Waals surface area contributed by atoms with Crippen LogP contribution in [0.5, 0.6) is 5.75 Å². The van der Waals surface area contributed by atoms with E-state index in [0.29, 0.717) is 59.5 Å². The Morgan fingerprint density at radius 2 is 1.59 bits per heavy atom. The number of fused-ring (bicyclic) bond motifs is 1. The number of carbonyl (C=O) groups excluding carboxylic acids is 3. The average molecular weight is 588 g/mol. The number of benzene rings is 2. The van der Waals surface area contributed by atoms with Crippen LogP contribution in [-0.2, 0) is 4.79 Å². The summed E-state index contributed by atoms with van der Waals surface area (Å²) in [5.41, 5.74) is 5.25. The van der Waals surface area contributed by atoms with Gasteiger partial charge in [-0.25, -0.2) is 4.85 Å². The van der Waals surface area contributed by atoms with E-state index in [2.05, 4.69) is 14.8 Å². The average Bonchev–Trinajstić information content (AvgIpc) is 3.54. The SMILES string of the molecule is [C-]#[N+]C(=C1CCN(C(=O)C(=O)c2c[nH]c3c(-c4ccc(C(=O)N5CCCCC5)cc4)ncc(OC)c23)CC1)c1ccccc1. The van der Waals surface area contributed by atoms with E-state index < -0.39 is 11.7 Å². The second-order valence-electron chi connectivity index (χ2n) is 11.1. The van der Waals surface area contributed by atoms with Gasteiger partial charge in [0, 0.05) is 43.5 Å². The highest BCUT2D eigenvalue weighted by molar-refractivity contribution is 6.45. The zero-order valence-corrected chi connectivity index (χ0v) is 24.6. The first-order valence-electron chi connectivity index (χ1n) is 14.9. The Kier molecular flexibility index (Phi) is 8.24. The largest absolute Gasteiger partial charge is 0.494 e. The lowest BCUT2D eigenvalue weighted by molar-refractivity contribution is -0.126. The topological polar surface area (TPSA) is 100.0 Å². The number of pyridine rings is 1. The molecule has 0 atom stereocenters. The van der Waals surface area contributed by atoms with Crippen molar-refractivity contribution in [3.8, 4) is 17.0 Å². The van der Waals surface area contributed by atoms with Gasteiger partial charge < -0.3 is 19.5 Å². The van der Waals surface area contributed by atoms with Gasteiger partial charge in [0.2, 0.25) is 0 Å². The standard InChI is InChI=1S/C35H33N5O4/c1-36-30(23-9-5-3-6-10-23)25-15-19-40(20-16-25)35(43)33(41)27-21-37-32-29(27)28(44-2)22-38-31(32)24-11-13-26(14-12-24)34(42)39-17-7-4-8-18-39/h3,5-6,9-14,21-22,37H,4,7-8,15-20H2,2H3. The number of nitrogens with one attached hydrogen (secondary N) is 1. The van der Waals surface area contributed by atoms with Crippen molar-refractivity contribution in [1.82, 2.24) is 19.8 Å². The summed E-state index contributed by atoms with van der Waals surface area (Å²) in [6.45, 7) is 9.98. The molecule has 0 radical (unpaired) electrons. The van der Waals surface area contributed by atoms with Crippen LogP contribution in [-0.4, -0.2) is 70.7 Å². The van der Waals surface area contributed by atoms with Crippen molar-refractivity contribution < 1.29 is 19.1 Å². The summed E-state index contributed by atoms with van der Waals surface area (Å²) in [6.07, 6.45) is 7.37. The third-order valence-corrected chi connectivity index (χ3v) is 8.53. The summed E-state index contributed by atoms with van der Waals surface area (Å²) >= 11 is 0. The number of aromatic nitrogens is 2. The number of ether oxygens (including phenoxy) is 1. The van der Waals surface area contributed by atoms with Gasteiger partial charge in [0.15, 0.2) is 5.70 Å². The number of rotatable bonds is 6. The summed E-state index contributed by atoms with van der Waals surface area (Å²) in [4.78, 5) is 55.0. The lowest BCUT2D eigenvalue weighted by Gasteiger charge is -2.28. The Balaban J connectivity index is 1.23. The maximum absolute atomic E-state index is 13.6. The zero-order valence-electron chi connectivity index (χ0n) is 24.6. The minimum absolute atomic E-state index is 0.0288. The molecule has 9 nitrogen and oxygen atoms in total. The van der Waals surface area contributed by atoms with Gasteiger partial charge in [-0.2, -0.15) is 0 Å². The van der Waals surface area contributed by atoms with Crippen LogP contribution >= 0.6 is 0 Å². The molecule has 222 valence electrons. The van der Waals surface area contributed by atoms with Crippen LogP contribution in [0.25, 0.3) is 32.7 Å². The predicted octanol–water partition coefficient (Wildman–Crippen LogP) is 6.00. The van der Waals surface area contributed by atoms with Crippen molar-refractivity contribution in [2.75, 3.05) is 33.3 Å². The van der Waals surface area contributed by atoms with Crippen LogP contribution in [0.15, 0.2) is 72.6 Å². The number of carbonyl (C=O) groups is 3. The fourth-order valence-corrected chi connectivity index (χ4v) is 6.14. The van der Waals surface area contributed by atoms with Gasteiger partial charge in [-0.05, 0) is 49.8 Å². The number of Topliss-reactive ketones (excluding diaryl/α,β-unsaturated/α-hetero) is 1. The first-order valence-corrected chi connectivity index (χ1v) is 14.9. The molecule has 4 aromatic rings. The van der Waals surface area contributed by atoms with E-state index in [1.165, 1.54) is 13.3 Å². The summed E-state index contributed by atoms with van der Waals surface area (Å²) < 4.78 is 5.56. The fraction of sp³-hybridized carbons (Fsp3) is 0.286. The molecule has 0 spiro atoms. The van der Waals surface area contributed by atoms with Crippen molar-refractivity contribution in [3.05, 3.63) is 101 Å². The number of nitrogens with zero attached hydrogens (tertiary/aromatic N) is 4. The van der Waals surface area contributed by atoms with Crippen LogP contribution in [0.1, 0.15) is 58.4 Å². The quantitative estimate of drug-likeness (QED) is 0.169. The molecule has 2 amide bonds. The Morgan fingerprint density at radius 1 is 0.886 bits per heavy atom. The van der Waals surface area contributed by atoms with Crippen LogP contribution in [0.3, 0.4) is 0 Å². The summed E-state index contributed by atoms with van der Waals surface area (Å²) in [7, 11) is 1.50. The Bertz CT molecular complexity index is 1780. The van der Waals surface area contributed by atoms with Crippen molar-refractivity contribution in [3.63, 3.8) is 0 Å². The van der Waals surface area contributed by atoms with E-state index in [1.807, 2.05) is 47.4 Å². The Labute approximate surface area is 256 Å². The number of hydrogen-bond acceptors (Lipinski definition) is 5. The van der Waals surface area contributed by atoms with Crippen molar-refractivity contribution >= 4 is 34.2 Å². The van der Waals surface area contributed by atoms with Crippen molar-refractivity contribution in [2.45, 2.75) is 32.1 Å². The van der Waals surface area contributed by atoms with E-state index in [9.17, 15) is 14.4 Å². The molecule has 4 heterocycles. The number of H-pyrrole nitrogens is 1. The Morgan fingerprint density at radius 3 is 2.25 bits per heavy atom. The number of methoxy groups -OCH3 is 1. The maximum atomic E-state index is 13.6. The molecule has 2 aliphatic heterocycles. The smallest absolute Gasteiger partial charge is 0.295 e. The van der Waals surface area contributed by atoms with Crippen LogP contribution in [0.4, 0.5) is 0 Å². The van der Waals surface area contributed by atoms with Gasteiger partial charge >= 0.3 is 0 Å². The highest BCUT2D eigenvalue weighted by Crippen LogP contribution is 2.35. The molecule has 2 saturated heterocycles. The number of likely N-dealkylation sites (tertiary alicyclic amines) is 2. The molecule has 2 aliphatic rings. The molecule has 9 heteroatoms. The van der Waals surface area contributed by atoms with Crippen LogP contribution < -0.4 is 4.74 Å². The van der Waals surface area contributed by atoms with Gasteiger partial charge in [0.25, 0.3) is 17.6 Å². The third kappa shape index (κ3) is 5.47. The molecule has 2 fully saturated rings. The monoisotopic (exact) mass is 587 g/mol. The first-order chi connectivity index (χ1) is 21.5. The zero-order chi connectivity index (χ0) is 30.6. The molecule has 6 rings (SSSR count). The number of piperidine rings is 2. The van der Waals surface area contributed by atoms with Gasteiger partial charge in [0.05, 0.1) is 42.0 Å². The van der Waals surface area contributed by atoms with Crippen molar-refractivity contribution in [1.29, 1.82) is 0 Å². The van der Waals surface area contributed by atoms with Crippen molar-refractivity contribution in [2.24, 2.45) is 0 Å². The second-order valence-corrected chi connectivity index (χ2v) is 11.1. The summed E-state index contributed by atoms with van der Waals surface area (Å²) in [6, 6.07) is 16.9. The first kappa shape index (κ1) is 28.9. The molecule has 0 saturated carbocycles. The molecule has 2 aromatic heterocycles. The van der Waals surface area contributed by atoms with E-state index in [1.54, 1.807) is 23.2 Å². The van der Waals surface area contributed by atoms with Gasteiger partial charge in [-0.15, -0.1) is 0 Å². The minimum atomic E-state index is -0.630. The highest BCUT2D eigenvalue weighted by atomic mass is 16.5. The summed E-state index contributed by atoms with van der Waals surface area (Å²) in [5.74, 6) is -0.808. The molecule has 44 heavy (non-hydrogen) atoms. The maximum Gasteiger partial charge on any atom is 0.295 e. The summed E-state index contributed by atoms with van der Waals surface area (Å²) in [5, 5.41) is 0.487. The van der Waals surface area contributed by atoms with E-state index in [4.69, 9.17) is 11.3 Å². The van der Waals surface area contributed by atoms with Gasteiger partial charge in [0.1, 0.15) is 5.75 Å². The van der Waals surface area contributed by atoms with E-state index in [-0.39, 0.29) is 11.5 Å². The lowest BCUT2D eigenvalue weighted by atomic mass is 9.97. The fourth-order valence-electron chi connectivity index (χ4n) is 6.14. The third-order valence-electron chi connectivity index (χ3n) is 8.53. The van der Waals surface area contributed by atoms with E-state index >= 15 is 0 Å². The lowest BCUT2D eigenvalue weighted by Crippen LogP contribution is -2.40. The highest BCUT2D eigenvalue weighted by Gasteiger charge is 2.30. The molecule has 0 unspecified atom stereocenters. The molecular formula is C35H33N5O4. The molecule has 0 bridgehead atoms. The van der Waals surface area contributed by atoms with Gasteiger partial charge in [-0.3, -0.25) is 19.4 Å². The number of hydrogen-bond donors (Lipinski definition) is 1. The normalized spacial score (nSPS) is 15.1. The minimum Gasteiger partial charge on any atom is -0.494 e. The predicted molar refractivity (Wildman–Crippen MR) is 168 cm³/mol.